The van der Waals surface area contributed by atoms with E-state index in [4.69, 9.17) is 0 Å². The van der Waals surface area contributed by atoms with Gasteiger partial charge >= 0.3 is 0 Å². The van der Waals surface area contributed by atoms with Crippen LogP contribution in [0.1, 0.15) is 22.3 Å². The predicted octanol–water partition coefficient (Wildman–Crippen LogP) is 3.69. The molecule has 27 heavy (non-hydrogen) atoms. The van der Waals surface area contributed by atoms with Crippen LogP contribution in [0.2, 0.25) is 0 Å². The Balaban J connectivity index is 1.52. The van der Waals surface area contributed by atoms with Gasteiger partial charge in [-0.05, 0) is 59.1 Å². The summed E-state index contributed by atoms with van der Waals surface area (Å²) in [4.78, 5) is 25.0. The number of benzene rings is 2. The highest BCUT2D eigenvalue weighted by molar-refractivity contribution is 9.10. The summed E-state index contributed by atoms with van der Waals surface area (Å²) in [5, 5.41) is 10.3. The maximum absolute atomic E-state index is 13.0. The summed E-state index contributed by atoms with van der Waals surface area (Å²) in [5.74, 6) is 0.707. The molecule has 0 aliphatic carbocycles. The number of aromatic nitrogens is 2. The number of rotatable bonds is 2. The van der Waals surface area contributed by atoms with Gasteiger partial charge in [0.1, 0.15) is 5.75 Å². The van der Waals surface area contributed by atoms with E-state index in [1.54, 1.807) is 12.1 Å². The maximum Gasteiger partial charge on any atom is 0.257 e. The number of aryl methyl sites for hydroxylation is 1. The Hall–Kier alpha value is -2.54. The molecule has 2 aromatic carbocycles. The number of aromatic amines is 1. The number of phenols is 1. The van der Waals surface area contributed by atoms with Crippen LogP contribution in [-0.4, -0.2) is 52.1 Å². The number of hydrogen-bond donors (Lipinski definition) is 2. The lowest BCUT2D eigenvalue weighted by Gasteiger charge is -2.22. The van der Waals surface area contributed by atoms with Crippen LogP contribution < -0.4 is 4.90 Å². The van der Waals surface area contributed by atoms with Crippen LogP contribution in [0.3, 0.4) is 0 Å². The number of H-pyrrole nitrogens is 1. The molecule has 1 saturated heterocycles. The van der Waals surface area contributed by atoms with Crippen molar-refractivity contribution in [2.24, 2.45) is 0 Å². The molecular formula is C20H21BrN4O2. The van der Waals surface area contributed by atoms with Crippen molar-refractivity contribution >= 4 is 38.8 Å². The SMILES string of the molecule is Cc1cc(Br)c(O)c(C(=O)N2CCCN(c3nc4ccccc4[nH]3)CC2)c1. The van der Waals surface area contributed by atoms with Crippen molar-refractivity contribution in [1.29, 1.82) is 0 Å². The number of phenolic OH excluding ortho intramolecular Hbond substituents is 1. The van der Waals surface area contributed by atoms with Crippen LogP contribution in [0.4, 0.5) is 5.95 Å². The molecular weight excluding hydrogens is 408 g/mol. The van der Waals surface area contributed by atoms with E-state index >= 15 is 0 Å². The number of carbonyl (C=O) groups is 1. The third-order valence-corrected chi connectivity index (χ3v) is 5.50. The van der Waals surface area contributed by atoms with Crippen molar-refractivity contribution in [2.45, 2.75) is 13.3 Å². The maximum atomic E-state index is 13.0. The molecule has 1 amide bonds. The third kappa shape index (κ3) is 3.51. The minimum Gasteiger partial charge on any atom is -0.506 e. The molecule has 1 aliphatic heterocycles. The Morgan fingerprint density at radius 2 is 2.00 bits per heavy atom. The number of nitrogens with one attached hydrogen (secondary N) is 1. The van der Waals surface area contributed by atoms with Crippen LogP contribution >= 0.6 is 15.9 Å². The van der Waals surface area contributed by atoms with Gasteiger partial charge in [-0.3, -0.25) is 4.79 Å². The molecule has 0 bridgehead atoms. The van der Waals surface area contributed by atoms with E-state index in [9.17, 15) is 9.90 Å². The first-order valence-corrected chi connectivity index (χ1v) is 9.80. The smallest absolute Gasteiger partial charge is 0.257 e. The highest BCUT2D eigenvalue weighted by Gasteiger charge is 2.24. The molecule has 4 rings (SSSR count). The number of anilines is 1. The van der Waals surface area contributed by atoms with Crippen LogP contribution in [-0.2, 0) is 0 Å². The summed E-state index contributed by atoms with van der Waals surface area (Å²) >= 11 is 3.32. The minimum absolute atomic E-state index is 0.00369. The Labute approximate surface area is 165 Å². The van der Waals surface area contributed by atoms with Crippen LogP contribution in [0.5, 0.6) is 5.75 Å². The van der Waals surface area contributed by atoms with Crippen molar-refractivity contribution in [3.05, 3.63) is 52.0 Å². The highest BCUT2D eigenvalue weighted by atomic mass is 79.9. The summed E-state index contributed by atoms with van der Waals surface area (Å²) in [6.07, 6.45) is 0.844. The van der Waals surface area contributed by atoms with Gasteiger partial charge in [-0.1, -0.05) is 12.1 Å². The molecule has 1 fully saturated rings. The van der Waals surface area contributed by atoms with Gasteiger partial charge < -0.3 is 19.9 Å². The standard InChI is InChI=1S/C20H21BrN4O2/c1-13-11-14(18(26)15(21)12-13)19(27)24-7-4-8-25(10-9-24)20-22-16-5-2-3-6-17(16)23-20/h2-3,5-6,11-12,26H,4,7-10H2,1H3,(H,22,23). The third-order valence-electron chi connectivity index (χ3n) is 4.90. The van der Waals surface area contributed by atoms with Gasteiger partial charge in [0.25, 0.3) is 5.91 Å². The molecule has 6 nitrogen and oxygen atoms in total. The number of fused-ring (bicyclic) bond motifs is 1. The summed E-state index contributed by atoms with van der Waals surface area (Å²) in [7, 11) is 0. The average Bonchev–Trinajstić information content (AvgIpc) is 2.93. The number of hydrogen-bond acceptors (Lipinski definition) is 4. The molecule has 2 N–H and O–H groups in total. The number of aromatic hydroxyl groups is 1. The first kappa shape index (κ1) is 17.9. The van der Waals surface area contributed by atoms with Gasteiger partial charge in [0.15, 0.2) is 0 Å². The Morgan fingerprint density at radius 1 is 1.19 bits per heavy atom. The fraction of sp³-hybridized carbons (Fsp3) is 0.300. The molecule has 2 heterocycles. The van der Waals surface area contributed by atoms with E-state index in [2.05, 4.69) is 30.8 Å². The van der Waals surface area contributed by atoms with Gasteiger partial charge in [0.2, 0.25) is 5.95 Å². The number of para-hydroxylation sites is 2. The minimum atomic E-state index is -0.136. The first-order valence-electron chi connectivity index (χ1n) is 9.01. The quantitative estimate of drug-likeness (QED) is 0.652. The lowest BCUT2D eigenvalue weighted by atomic mass is 10.1. The fourth-order valence-corrected chi connectivity index (χ4v) is 4.06. The van der Waals surface area contributed by atoms with E-state index in [1.807, 2.05) is 36.1 Å². The number of halogens is 1. The van der Waals surface area contributed by atoms with Crippen LogP contribution in [0.15, 0.2) is 40.9 Å². The summed E-state index contributed by atoms with van der Waals surface area (Å²) in [6.45, 7) is 4.67. The number of carbonyl (C=O) groups excluding carboxylic acids is 1. The zero-order chi connectivity index (χ0) is 19.0. The summed E-state index contributed by atoms with van der Waals surface area (Å²) < 4.78 is 0.546. The molecule has 1 aromatic heterocycles. The lowest BCUT2D eigenvalue weighted by Crippen LogP contribution is -2.35. The molecule has 3 aromatic rings. The van der Waals surface area contributed by atoms with Gasteiger partial charge in [-0.25, -0.2) is 4.98 Å². The number of amides is 1. The second-order valence-electron chi connectivity index (χ2n) is 6.85. The van der Waals surface area contributed by atoms with Crippen molar-refractivity contribution in [2.75, 3.05) is 31.1 Å². The fourth-order valence-electron chi connectivity index (χ4n) is 3.49. The largest absolute Gasteiger partial charge is 0.506 e. The van der Waals surface area contributed by atoms with E-state index < -0.39 is 0 Å². The van der Waals surface area contributed by atoms with Crippen LogP contribution in [0, 0.1) is 6.92 Å². The van der Waals surface area contributed by atoms with Crippen molar-refractivity contribution in [3.8, 4) is 5.75 Å². The van der Waals surface area contributed by atoms with Crippen molar-refractivity contribution < 1.29 is 9.90 Å². The van der Waals surface area contributed by atoms with Gasteiger partial charge in [0.05, 0.1) is 21.1 Å². The van der Waals surface area contributed by atoms with Crippen molar-refractivity contribution in [3.63, 3.8) is 0 Å². The van der Waals surface area contributed by atoms with E-state index in [-0.39, 0.29) is 11.7 Å². The van der Waals surface area contributed by atoms with Crippen molar-refractivity contribution in [1.82, 2.24) is 14.9 Å². The van der Waals surface area contributed by atoms with Gasteiger partial charge in [-0.15, -0.1) is 0 Å². The van der Waals surface area contributed by atoms with E-state index in [0.717, 1.165) is 35.5 Å². The Kier molecular flexibility index (Phi) is 4.78. The molecule has 0 unspecified atom stereocenters. The Bertz CT molecular complexity index is 968. The molecule has 0 atom stereocenters. The molecule has 1 aliphatic rings. The summed E-state index contributed by atoms with van der Waals surface area (Å²) in [6, 6.07) is 11.5. The highest BCUT2D eigenvalue weighted by Crippen LogP contribution is 2.30. The Morgan fingerprint density at radius 3 is 2.81 bits per heavy atom. The zero-order valence-electron chi connectivity index (χ0n) is 15.1. The zero-order valence-corrected chi connectivity index (χ0v) is 16.7. The molecule has 140 valence electrons. The van der Waals surface area contributed by atoms with E-state index in [0.29, 0.717) is 29.7 Å². The van der Waals surface area contributed by atoms with Crippen LogP contribution in [0.25, 0.3) is 11.0 Å². The summed E-state index contributed by atoms with van der Waals surface area (Å²) in [5.41, 5.74) is 3.24. The van der Waals surface area contributed by atoms with Gasteiger partial charge in [-0.2, -0.15) is 0 Å². The molecule has 0 radical (unpaired) electrons. The average molecular weight is 429 g/mol. The second kappa shape index (κ2) is 7.23. The normalized spacial score (nSPS) is 15.2. The monoisotopic (exact) mass is 428 g/mol. The lowest BCUT2D eigenvalue weighted by molar-refractivity contribution is 0.0763. The molecule has 7 heteroatoms. The second-order valence-corrected chi connectivity index (χ2v) is 7.71. The first-order chi connectivity index (χ1) is 13.0. The molecule has 0 spiro atoms. The molecule has 0 saturated carbocycles. The predicted molar refractivity (Wildman–Crippen MR) is 109 cm³/mol. The topological polar surface area (TPSA) is 72.5 Å². The van der Waals surface area contributed by atoms with E-state index in [1.165, 1.54) is 0 Å². The van der Waals surface area contributed by atoms with Gasteiger partial charge in [0, 0.05) is 26.2 Å². The number of imidazole rings is 1. The number of nitrogens with zero attached hydrogens (tertiary/aromatic N) is 3.